The number of pyridine rings is 1. The predicted molar refractivity (Wildman–Crippen MR) is 146 cm³/mol. The SMILES string of the molecule is C=C(Nc1cncc(-c2ccc3[nH]nc(-c4cc5c(C6=CCC=C6)cccc5[nH]4)c3c2)c1)C(C)C. The summed E-state index contributed by atoms with van der Waals surface area (Å²) in [6, 6.07) is 17.1. The van der Waals surface area contributed by atoms with Crippen LogP contribution in [-0.2, 0) is 0 Å². The van der Waals surface area contributed by atoms with Gasteiger partial charge in [-0.25, -0.2) is 0 Å². The summed E-state index contributed by atoms with van der Waals surface area (Å²) in [5, 5.41) is 13.5. The summed E-state index contributed by atoms with van der Waals surface area (Å²) in [6.45, 7) is 8.36. The van der Waals surface area contributed by atoms with Gasteiger partial charge in [0.1, 0.15) is 5.69 Å². The third-order valence-corrected chi connectivity index (χ3v) is 6.64. The number of rotatable bonds is 6. The Hall–Kier alpha value is -4.38. The zero-order chi connectivity index (χ0) is 23.9. The van der Waals surface area contributed by atoms with Crippen molar-refractivity contribution in [3.63, 3.8) is 0 Å². The lowest BCUT2D eigenvalue weighted by atomic mass is 10.0. The van der Waals surface area contributed by atoms with Gasteiger partial charge in [-0.2, -0.15) is 5.10 Å². The van der Waals surface area contributed by atoms with Gasteiger partial charge in [0.15, 0.2) is 0 Å². The molecular formula is C30H27N5. The minimum absolute atomic E-state index is 0.348. The number of nitrogens with one attached hydrogen (secondary N) is 3. The summed E-state index contributed by atoms with van der Waals surface area (Å²) in [6.07, 6.45) is 11.4. The highest BCUT2D eigenvalue weighted by Gasteiger charge is 2.15. The maximum atomic E-state index is 4.67. The van der Waals surface area contributed by atoms with Gasteiger partial charge >= 0.3 is 0 Å². The molecule has 6 rings (SSSR count). The van der Waals surface area contributed by atoms with Gasteiger partial charge in [0.2, 0.25) is 0 Å². The number of nitrogens with zero attached hydrogens (tertiary/aromatic N) is 2. The van der Waals surface area contributed by atoms with Crippen LogP contribution in [0.3, 0.4) is 0 Å². The molecule has 3 N–H and O–H groups in total. The Bertz CT molecular complexity index is 1640. The van der Waals surface area contributed by atoms with Crippen LogP contribution in [0.25, 0.3) is 49.9 Å². The topological polar surface area (TPSA) is 69.4 Å². The van der Waals surface area contributed by atoms with E-state index >= 15 is 0 Å². The Labute approximate surface area is 204 Å². The molecule has 0 amide bonds. The van der Waals surface area contributed by atoms with Crippen LogP contribution in [0.2, 0.25) is 0 Å². The van der Waals surface area contributed by atoms with Crippen LogP contribution < -0.4 is 5.32 Å². The Morgan fingerprint density at radius 1 is 1.00 bits per heavy atom. The largest absolute Gasteiger partial charge is 0.358 e. The summed E-state index contributed by atoms with van der Waals surface area (Å²) in [5.74, 6) is 0.348. The van der Waals surface area contributed by atoms with Crippen LogP contribution in [-0.4, -0.2) is 20.2 Å². The first-order valence-corrected chi connectivity index (χ1v) is 12.0. The molecule has 0 saturated carbocycles. The van der Waals surface area contributed by atoms with Crippen molar-refractivity contribution in [3.8, 4) is 22.5 Å². The van der Waals surface area contributed by atoms with E-state index in [9.17, 15) is 0 Å². The number of hydrogen-bond acceptors (Lipinski definition) is 3. The second-order valence-corrected chi connectivity index (χ2v) is 9.35. The maximum absolute atomic E-state index is 4.67. The molecule has 1 aliphatic carbocycles. The molecule has 0 atom stereocenters. The Kier molecular flexibility index (Phi) is 5.10. The monoisotopic (exact) mass is 457 g/mol. The van der Waals surface area contributed by atoms with E-state index in [0.29, 0.717) is 5.92 Å². The molecule has 0 saturated heterocycles. The first-order chi connectivity index (χ1) is 17.1. The summed E-state index contributed by atoms with van der Waals surface area (Å²) >= 11 is 0. The van der Waals surface area contributed by atoms with Crippen LogP contribution >= 0.6 is 0 Å². The second kappa shape index (κ2) is 8.44. The molecule has 2 aromatic carbocycles. The normalized spacial score (nSPS) is 13.2. The summed E-state index contributed by atoms with van der Waals surface area (Å²) < 4.78 is 0. The molecule has 172 valence electrons. The number of benzene rings is 2. The Morgan fingerprint density at radius 3 is 2.74 bits per heavy atom. The molecule has 0 unspecified atom stereocenters. The van der Waals surface area contributed by atoms with Crippen LogP contribution in [0.4, 0.5) is 5.69 Å². The highest BCUT2D eigenvalue weighted by molar-refractivity contribution is 6.01. The molecule has 0 bridgehead atoms. The zero-order valence-corrected chi connectivity index (χ0v) is 19.9. The average Bonchev–Trinajstić information content (AvgIpc) is 3.62. The second-order valence-electron chi connectivity index (χ2n) is 9.35. The minimum Gasteiger partial charge on any atom is -0.358 e. The van der Waals surface area contributed by atoms with Gasteiger partial charge in [0.05, 0.1) is 23.1 Å². The quantitative estimate of drug-likeness (QED) is 0.245. The van der Waals surface area contributed by atoms with Gasteiger partial charge in [-0.3, -0.25) is 10.1 Å². The summed E-state index contributed by atoms with van der Waals surface area (Å²) in [7, 11) is 0. The van der Waals surface area contributed by atoms with Crippen molar-refractivity contribution in [3.05, 3.63) is 97.0 Å². The van der Waals surface area contributed by atoms with Gasteiger partial charge in [-0.15, -0.1) is 0 Å². The lowest BCUT2D eigenvalue weighted by Gasteiger charge is -2.13. The number of fused-ring (bicyclic) bond motifs is 2. The van der Waals surface area contributed by atoms with Crippen LogP contribution in [0.5, 0.6) is 0 Å². The molecule has 5 nitrogen and oxygen atoms in total. The van der Waals surface area contributed by atoms with Crippen molar-refractivity contribution in [2.45, 2.75) is 20.3 Å². The fraction of sp³-hybridized carbons (Fsp3) is 0.133. The third-order valence-electron chi connectivity index (χ3n) is 6.64. The van der Waals surface area contributed by atoms with Crippen LogP contribution in [0.15, 0.2) is 91.4 Å². The van der Waals surface area contributed by atoms with Gasteiger partial charge in [0.25, 0.3) is 0 Å². The molecule has 5 aromatic rings. The van der Waals surface area contributed by atoms with Crippen molar-refractivity contribution >= 4 is 33.1 Å². The zero-order valence-electron chi connectivity index (χ0n) is 19.9. The van der Waals surface area contributed by atoms with E-state index in [2.05, 4.69) is 113 Å². The molecule has 3 heterocycles. The van der Waals surface area contributed by atoms with Crippen molar-refractivity contribution in [1.29, 1.82) is 0 Å². The number of hydrogen-bond donors (Lipinski definition) is 3. The minimum atomic E-state index is 0.348. The van der Waals surface area contributed by atoms with Gasteiger partial charge < -0.3 is 10.3 Å². The third kappa shape index (κ3) is 3.85. The van der Waals surface area contributed by atoms with Crippen LogP contribution in [0.1, 0.15) is 25.8 Å². The number of aromatic nitrogens is 4. The molecule has 0 spiro atoms. The van der Waals surface area contributed by atoms with E-state index in [0.717, 1.165) is 56.7 Å². The predicted octanol–water partition coefficient (Wildman–Crippen LogP) is 7.70. The van der Waals surface area contributed by atoms with E-state index in [1.54, 1.807) is 0 Å². The fourth-order valence-electron chi connectivity index (χ4n) is 4.59. The first kappa shape index (κ1) is 21.2. The smallest absolute Gasteiger partial charge is 0.116 e. The van der Waals surface area contributed by atoms with E-state index in [4.69, 9.17) is 0 Å². The standard InChI is InChI=1S/C30H27N5/c1-18(2)19(3)32-23-13-22(16-31-17-23)21-11-12-28-26(14-21)30(35-34-28)29-15-25-24(20-7-4-5-8-20)9-6-10-27(25)33-29/h4,6-18,32-33H,3,5H2,1-2H3,(H,34,35). The number of anilines is 1. The van der Waals surface area contributed by atoms with E-state index in [-0.39, 0.29) is 0 Å². The molecule has 0 radical (unpaired) electrons. The summed E-state index contributed by atoms with van der Waals surface area (Å²) in [4.78, 5) is 8.04. The molecule has 0 fully saturated rings. The maximum Gasteiger partial charge on any atom is 0.116 e. The van der Waals surface area contributed by atoms with Crippen molar-refractivity contribution in [1.82, 2.24) is 20.2 Å². The van der Waals surface area contributed by atoms with E-state index in [1.807, 2.05) is 12.4 Å². The van der Waals surface area contributed by atoms with Gasteiger partial charge in [-0.05, 0) is 59.4 Å². The Morgan fingerprint density at radius 2 is 1.91 bits per heavy atom. The lowest BCUT2D eigenvalue weighted by Crippen LogP contribution is -2.04. The molecule has 3 aromatic heterocycles. The molecule has 5 heteroatoms. The lowest BCUT2D eigenvalue weighted by molar-refractivity contribution is 0.778. The number of H-pyrrole nitrogens is 2. The molecule has 1 aliphatic rings. The van der Waals surface area contributed by atoms with E-state index < -0.39 is 0 Å². The van der Waals surface area contributed by atoms with Gasteiger partial charge in [-0.1, -0.05) is 56.9 Å². The molecule has 35 heavy (non-hydrogen) atoms. The average molecular weight is 458 g/mol. The molecule has 0 aliphatic heterocycles. The fourth-order valence-corrected chi connectivity index (χ4v) is 4.59. The first-order valence-electron chi connectivity index (χ1n) is 12.0. The number of allylic oxidation sites excluding steroid dienone is 5. The number of aromatic amines is 2. The van der Waals surface area contributed by atoms with Crippen molar-refractivity contribution in [2.24, 2.45) is 5.92 Å². The highest BCUT2D eigenvalue weighted by atomic mass is 15.1. The van der Waals surface area contributed by atoms with Crippen molar-refractivity contribution < 1.29 is 0 Å². The van der Waals surface area contributed by atoms with Crippen molar-refractivity contribution in [2.75, 3.05) is 5.32 Å². The van der Waals surface area contributed by atoms with Gasteiger partial charge in [0, 0.05) is 33.7 Å². The summed E-state index contributed by atoms with van der Waals surface area (Å²) in [5.41, 5.74) is 10.6. The highest BCUT2D eigenvalue weighted by Crippen LogP contribution is 2.35. The van der Waals surface area contributed by atoms with E-state index in [1.165, 1.54) is 16.5 Å². The Balaban J connectivity index is 1.41. The molecular weight excluding hydrogens is 430 g/mol. The van der Waals surface area contributed by atoms with Crippen LogP contribution in [0, 0.1) is 5.92 Å².